The summed E-state index contributed by atoms with van der Waals surface area (Å²) in [7, 11) is 0. The molecule has 12 heavy (non-hydrogen) atoms. The van der Waals surface area contributed by atoms with Gasteiger partial charge in [-0.15, -0.1) is 0 Å². The zero-order valence-corrected chi connectivity index (χ0v) is 7.85. The van der Waals surface area contributed by atoms with Crippen molar-refractivity contribution in [3.8, 4) is 0 Å². The van der Waals surface area contributed by atoms with Crippen LogP contribution in [0, 0.1) is 0 Å². The molecule has 1 atom stereocenters. The van der Waals surface area contributed by atoms with Gasteiger partial charge in [-0.05, 0) is 24.1 Å². The average Bonchev–Trinajstić information content (AvgIpc) is 2.29. The smallest absolute Gasteiger partial charge is 0.0282 e. The third kappa shape index (κ3) is 1.50. The van der Waals surface area contributed by atoms with Gasteiger partial charge in [0.05, 0.1) is 0 Å². The predicted octanol–water partition coefficient (Wildman–Crippen LogP) is 2.15. The first-order valence-electron chi connectivity index (χ1n) is 4.34. The van der Waals surface area contributed by atoms with Crippen molar-refractivity contribution in [2.45, 2.75) is 18.2 Å². The zero-order valence-electron chi connectivity index (χ0n) is 6.96. The van der Waals surface area contributed by atoms with Gasteiger partial charge in [0.25, 0.3) is 0 Å². The molecule has 0 radical (unpaired) electrons. The predicted molar refractivity (Wildman–Crippen MR) is 54.5 cm³/mol. The summed E-state index contributed by atoms with van der Waals surface area (Å²) in [6.45, 7) is 2.07. The summed E-state index contributed by atoms with van der Waals surface area (Å²) in [5.74, 6) is 0. The molecule has 1 unspecified atom stereocenters. The molecular formula is C10H13NS. The molecule has 1 heterocycles. The molecule has 0 fully saturated rings. The molecule has 0 aliphatic carbocycles. The number of benzene rings is 1. The van der Waals surface area contributed by atoms with Crippen LogP contribution in [0.1, 0.15) is 22.8 Å². The second-order valence-electron chi connectivity index (χ2n) is 3.18. The van der Waals surface area contributed by atoms with E-state index in [1.165, 1.54) is 11.1 Å². The molecule has 0 spiro atoms. The molecule has 0 aromatic heterocycles. The van der Waals surface area contributed by atoms with E-state index in [1.807, 2.05) is 0 Å². The monoisotopic (exact) mass is 179 g/mol. The Morgan fingerprint density at radius 2 is 2.17 bits per heavy atom. The highest BCUT2D eigenvalue weighted by Crippen LogP contribution is 2.28. The first-order chi connectivity index (χ1) is 5.88. The lowest BCUT2D eigenvalue weighted by molar-refractivity contribution is 0.677. The average molecular weight is 179 g/mol. The van der Waals surface area contributed by atoms with Crippen LogP contribution in [0.4, 0.5) is 0 Å². The van der Waals surface area contributed by atoms with E-state index in [1.54, 1.807) is 0 Å². The Kier molecular flexibility index (Phi) is 2.38. The number of hydrogen-bond donors (Lipinski definition) is 2. The Morgan fingerprint density at radius 1 is 1.33 bits per heavy atom. The Hall–Kier alpha value is -0.470. The van der Waals surface area contributed by atoms with Gasteiger partial charge in [-0.3, -0.25) is 0 Å². The molecule has 0 saturated heterocycles. The molecule has 1 N–H and O–H groups in total. The zero-order chi connectivity index (χ0) is 8.39. The lowest BCUT2D eigenvalue weighted by Gasteiger charge is -2.09. The Labute approximate surface area is 78.6 Å². The molecule has 1 aliphatic rings. The number of fused-ring (bicyclic) bond motifs is 1. The Morgan fingerprint density at radius 3 is 3.08 bits per heavy atom. The van der Waals surface area contributed by atoms with E-state index >= 15 is 0 Å². The second-order valence-corrected chi connectivity index (χ2v) is 3.80. The Balaban J connectivity index is 2.39. The van der Waals surface area contributed by atoms with Gasteiger partial charge in [-0.25, -0.2) is 0 Å². The minimum absolute atomic E-state index is 0.413. The van der Waals surface area contributed by atoms with E-state index < -0.39 is 0 Å². The molecular weight excluding hydrogens is 166 g/mol. The maximum atomic E-state index is 4.57. The van der Waals surface area contributed by atoms with Crippen molar-refractivity contribution < 1.29 is 0 Å². The van der Waals surface area contributed by atoms with Crippen LogP contribution in [0.5, 0.6) is 0 Å². The molecule has 0 bridgehead atoms. The fourth-order valence-electron chi connectivity index (χ4n) is 1.64. The largest absolute Gasteiger partial charge is 0.313 e. The van der Waals surface area contributed by atoms with Gasteiger partial charge in [0.1, 0.15) is 0 Å². The molecule has 1 aromatic rings. The summed E-state index contributed by atoms with van der Waals surface area (Å²) in [6.07, 6.45) is 1.13. The van der Waals surface area contributed by atoms with Gasteiger partial charge >= 0.3 is 0 Å². The van der Waals surface area contributed by atoms with Crippen LogP contribution in [0.25, 0.3) is 0 Å². The minimum Gasteiger partial charge on any atom is -0.313 e. The first-order valence-corrected chi connectivity index (χ1v) is 4.86. The van der Waals surface area contributed by atoms with Crippen LogP contribution in [0.3, 0.4) is 0 Å². The van der Waals surface area contributed by atoms with E-state index in [9.17, 15) is 0 Å². The molecule has 1 aliphatic heterocycles. The van der Waals surface area contributed by atoms with Gasteiger partial charge < -0.3 is 5.32 Å². The normalized spacial score (nSPS) is 22.9. The summed E-state index contributed by atoms with van der Waals surface area (Å²) in [5, 5.41) is 3.80. The highest BCUT2D eigenvalue weighted by molar-refractivity contribution is 7.80. The maximum absolute atomic E-state index is 4.57. The molecule has 2 heteroatoms. The van der Waals surface area contributed by atoms with Crippen molar-refractivity contribution in [3.63, 3.8) is 0 Å². The van der Waals surface area contributed by atoms with Gasteiger partial charge in [-0.1, -0.05) is 24.3 Å². The molecule has 0 amide bonds. The lowest BCUT2D eigenvalue weighted by atomic mass is 10.0. The van der Waals surface area contributed by atoms with Gasteiger partial charge in [-0.2, -0.15) is 12.6 Å². The van der Waals surface area contributed by atoms with Crippen molar-refractivity contribution in [3.05, 3.63) is 35.4 Å². The van der Waals surface area contributed by atoms with E-state index in [0.717, 1.165) is 19.5 Å². The topological polar surface area (TPSA) is 12.0 Å². The summed E-state index contributed by atoms with van der Waals surface area (Å²) >= 11 is 4.57. The highest BCUT2D eigenvalue weighted by Gasteiger charge is 2.13. The third-order valence-corrected chi connectivity index (χ3v) is 2.86. The van der Waals surface area contributed by atoms with Crippen LogP contribution < -0.4 is 5.32 Å². The number of nitrogens with one attached hydrogen (secondary N) is 1. The number of hydrogen-bond acceptors (Lipinski definition) is 2. The van der Waals surface area contributed by atoms with Crippen molar-refractivity contribution >= 4 is 12.6 Å². The third-order valence-electron chi connectivity index (χ3n) is 2.32. The molecule has 64 valence electrons. The molecule has 1 nitrogen and oxygen atoms in total. The lowest BCUT2D eigenvalue weighted by Crippen LogP contribution is -2.11. The van der Waals surface area contributed by atoms with Gasteiger partial charge in [0.2, 0.25) is 0 Å². The number of rotatable bonds is 0. The van der Waals surface area contributed by atoms with E-state index in [2.05, 4.69) is 42.2 Å². The number of thiol groups is 1. The molecule has 1 aromatic carbocycles. The maximum Gasteiger partial charge on any atom is 0.0282 e. The van der Waals surface area contributed by atoms with Crippen LogP contribution >= 0.6 is 12.6 Å². The molecule has 2 rings (SSSR count). The molecule has 0 saturated carbocycles. The van der Waals surface area contributed by atoms with Crippen LogP contribution in [0.2, 0.25) is 0 Å². The first kappa shape index (κ1) is 8.14. The standard InChI is InChI=1S/C10H13NS/c12-10-5-6-11-7-8-3-1-2-4-9(8)10/h1-4,10-12H,5-7H2. The van der Waals surface area contributed by atoms with Crippen molar-refractivity contribution in [1.82, 2.24) is 5.32 Å². The van der Waals surface area contributed by atoms with Gasteiger partial charge in [0, 0.05) is 11.8 Å². The SMILES string of the molecule is SC1CCNCc2ccccc21. The van der Waals surface area contributed by atoms with Gasteiger partial charge in [0.15, 0.2) is 0 Å². The fraction of sp³-hybridized carbons (Fsp3) is 0.400. The van der Waals surface area contributed by atoms with E-state index in [0.29, 0.717) is 5.25 Å². The minimum atomic E-state index is 0.413. The summed E-state index contributed by atoms with van der Waals surface area (Å²) in [5.41, 5.74) is 2.79. The van der Waals surface area contributed by atoms with Crippen molar-refractivity contribution in [2.24, 2.45) is 0 Å². The van der Waals surface area contributed by atoms with E-state index in [4.69, 9.17) is 0 Å². The van der Waals surface area contributed by atoms with Crippen molar-refractivity contribution in [2.75, 3.05) is 6.54 Å². The Bertz CT molecular complexity index is 272. The van der Waals surface area contributed by atoms with Crippen LogP contribution in [0.15, 0.2) is 24.3 Å². The van der Waals surface area contributed by atoms with Crippen LogP contribution in [-0.4, -0.2) is 6.54 Å². The quantitative estimate of drug-likeness (QED) is 0.582. The van der Waals surface area contributed by atoms with E-state index in [-0.39, 0.29) is 0 Å². The fourth-order valence-corrected chi connectivity index (χ4v) is 2.02. The summed E-state index contributed by atoms with van der Waals surface area (Å²) < 4.78 is 0. The van der Waals surface area contributed by atoms with Crippen LogP contribution in [-0.2, 0) is 6.54 Å². The summed E-state index contributed by atoms with van der Waals surface area (Å²) in [4.78, 5) is 0. The second kappa shape index (κ2) is 3.50. The summed E-state index contributed by atoms with van der Waals surface area (Å²) in [6, 6.07) is 8.54. The van der Waals surface area contributed by atoms with Crippen molar-refractivity contribution in [1.29, 1.82) is 0 Å². The highest BCUT2D eigenvalue weighted by atomic mass is 32.1.